The van der Waals surface area contributed by atoms with Crippen molar-refractivity contribution in [2.24, 2.45) is 5.92 Å². The lowest BCUT2D eigenvalue weighted by molar-refractivity contribution is 0.0950. The zero-order chi connectivity index (χ0) is 14.4. The van der Waals surface area contributed by atoms with Gasteiger partial charge >= 0.3 is 0 Å². The number of hydrogen-bond donors (Lipinski definition) is 2. The zero-order valence-corrected chi connectivity index (χ0v) is 12.2. The number of anilines is 1. The number of nitrogens with zero attached hydrogens (tertiary/aromatic N) is 3. The molecule has 1 aliphatic rings. The van der Waals surface area contributed by atoms with Crippen molar-refractivity contribution in [3.05, 3.63) is 17.8 Å². The highest BCUT2D eigenvalue weighted by molar-refractivity contribution is 5.92. The molecule has 0 unspecified atom stereocenters. The molecule has 1 aromatic rings. The number of aromatic nitrogens is 2. The fourth-order valence-corrected chi connectivity index (χ4v) is 2.52. The van der Waals surface area contributed by atoms with Gasteiger partial charge in [-0.15, -0.1) is 10.2 Å². The molecule has 110 valence electrons. The summed E-state index contributed by atoms with van der Waals surface area (Å²) in [6.07, 6.45) is 2.33. The van der Waals surface area contributed by atoms with Gasteiger partial charge in [0, 0.05) is 19.6 Å². The minimum atomic E-state index is -0.167. The smallest absolute Gasteiger partial charge is 0.271 e. The van der Waals surface area contributed by atoms with Crippen molar-refractivity contribution >= 4 is 11.7 Å². The number of amides is 1. The van der Waals surface area contributed by atoms with E-state index in [1.54, 1.807) is 6.07 Å². The van der Waals surface area contributed by atoms with Gasteiger partial charge in [-0.25, -0.2) is 0 Å². The molecule has 1 aliphatic heterocycles. The van der Waals surface area contributed by atoms with Crippen LogP contribution in [-0.4, -0.2) is 49.3 Å². The molecule has 6 nitrogen and oxygen atoms in total. The number of hydrogen-bond acceptors (Lipinski definition) is 5. The van der Waals surface area contributed by atoms with Gasteiger partial charge in [-0.05, 0) is 51.4 Å². The molecule has 0 bridgehead atoms. The fraction of sp³-hybridized carbons (Fsp3) is 0.643. The second kappa shape index (κ2) is 7.19. The summed E-state index contributed by atoms with van der Waals surface area (Å²) in [5, 5.41) is 14.1. The Morgan fingerprint density at radius 2 is 2.10 bits per heavy atom. The lowest BCUT2D eigenvalue weighted by Crippen LogP contribution is -2.37. The van der Waals surface area contributed by atoms with Crippen LogP contribution in [0.15, 0.2) is 12.1 Å². The highest BCUT2D eigenvalue weighted by Gasteiger charge is 2.20. The van der Waals surface area contributed by atoms with E-state index in [9.17, 15) is 4.79 Å². The Kier molecular flexibility index (Phi) is 5.29. The number of nitrogens with one attached hydrogen (secondary N) is 2. The van der Waals surface area contributed by atoms with Gasteiger partial charge in [0.25, 0.3) is 5.91 Å². The second-order valence-electron chi connectivity index (χ2n) is 5.12. The predicted octanol–water partition coefficient (Wildman–Crippen LogP) is 0.662. The Labute approximate surface area is 120 Å². The van der Waals surface area contributed by atoms with Crippen molar-refractivity contribution < 1.29 is 4.79 Å². The largest absolute Gasteiger partial charge is 0.355 e. The van der Waals surface area contributed by atoms with Crippen molar-refractivity contribution in [1.82, 2.24) is 20.8 Å². The first-order valence-corrected chi connectivity index (χ1v) is 7.26. The minimum Gasteiger partial charge on any atom is -0.355 e. The van der Waals surface area contributed by atoms with Gasteiger partial charge in [-0.1, -0.05) is 0 Å². The number of rotatable bonds is 5. The van der Waals surface area contributed by atoms with E-state index in [0.29, 0.717) is 12.2 Å². The normalized spacial score (nSPS) is 16.2. The van der Waals surface area contributed by atoms with Crippen LogP contribution in [0.1, 0.15) is 30.3 Å². The van der Waals surface area contributed by atoms with Crippen LogP contribution < -0.4 is 15.5 Å². The van der Waals surface area contributed by atoms with Crippen molar-refractivity contribution in [2.75, 3.05) is 38.1 Å². The Morgan fingerprint density at radius 3 is 2.65 bits per heavy atom. The Hall–Kier alpha value is -1.69. The summed E-state index contributed by atoms with van der Waals surface area (Å²) in [5.74, 6) is 1.44. The molecule has 0 spiro atoms. The first kappa shape index (κ1) is 14.7. The molecule has 2 rings (SSSR count). The molecule has 1 aromatic heterocycles. The Morgan fingerprint density at radius 1 is 1.35 bits per heavy atom. The van der Waals surface area contributed by atoms with E-state index in [2.05, 4.69) is 25.7 Å². The van der Waals surface area contributed by atoms with Crippen LogP contribution >= 0.6 is 0 Å². The molecule has 20 heavy (non-hydrogen) atoms. The fourth-order valence-electron chi connectivity index (χ4n) is 2.52. The van der Waals surface area contributed by atoms with Crippen molar-refractivity contribution in [3.63, 3.8) is 0 Å². The number of carbonyl (C=O) groups excluding carboxylic acids is 1. The Balaban J connectivity index is 1.92. The van der Waals surface area contributed by atoms with Gasteiger partial charge in [-0.2, -0.15) is 0 Å². The third-order valence-corrected chi connectivity index (χ3v) is 3.65. The van der Waals surface area contributed by atoms with E-state index < -0.39 is 0 Å². The number of piperidine rings is 1. The van der Waals surface area contributed by atoms with Crippen LogP contribution in [0.4, 0.5) is 5.82 Å². The Bertz CT molecular complexity index is 426. The maximum absolute atomic E-state index is 11.6. The van der Waals surface area contributed by atoms with Crippen molar-refractivity contribution in [2.45, 2.75) is 19.8 Å². The molecule has 2 heterocycles. The zero-order valence-electron chi connectivity index (χ0n) is 12.2. The molecule has 1 amide bonds. The van der Waals surface area contributed by atoms with Crippen LogP contribution in [0.3, 0.4) is 0 Å². The topological polar surface area (TPSA) is 70.2 Å². The molecular weight excluding hydrogens is 254 g/mol. The molecule has 0 aliphatic carbocycles. The molecule has 1 saturated heterocycles. The van der Waals surface area contributed by atoms with E-state index in [1.165, 1.54) is 12.8 Å². The first-order chi connectivity index (χ1) is 9.74. The van der Waals surface area contributed by atoms with Crippen molar-refractivity contribution in [3.8, 4) is 0 Å². The SMILES string of the molecule is CCNC(=O)c1ccc(N2CCC(CNC)CC2)nn1. The number of carbonyl (C=O) groups is 1. The van der Waals surface area contributed by atoms with Crippen LogP contribution in [0, 0.1) is 5.92 Å². The molecule has 0 saturated carbocycles. The summed E-state index contributed by atoms with van der Waals surface area (Å²) in [6, 6.07) is 3.63. The highest BCUT2D eigenvalue weighted by Crippen LogP contribution is 2.20. The average molecular weight is 277 g/mol. The van der Waals surface area contributed by atoms with Crippen LogP contribution in [0.2, 0.25) is 0 Å². The molecular formula is C14H23N5O. The van der Waals surface area contributed by atoms with Crippen LogP contribution in [-0.2, 0) is 0 Å². The third-order valence-electron chi connectivity index (χ3n) is 3.65. The summed E-state index contributed by atoms with van der Waals surface area (Å²) in [6.45, 7) is 5.56. The van der Waals surface area contributed by atoms with Crippen LogP contribution in [0.5, 0.6) is 0 Å². The summed E-state index contributed by atoms with van der Waals surface area (Å²) >= 11 is 0. The van der Waals surface area contributed by atoms with E-state index in [-0.39, 0.29) is 5.91 Å². The summed E-state index contributed by atoms with van der Waals surface area (Å²) in [5.41, 5.74) is 0.376. The van der Waals surface area contributed by atoms with Crippen LogP contribution in [0.25, 0.3) is 0 Å². The summed E-state index contributed by atoms with van der Waals surface area (Å²) < 4.78 is 0. The molecule has 2 N–H and O–H groups in total. The highest BCUT2D eigenvalue weighted by atomic mass is 16.1. The summed E-state index contributed by atoms with van der Waals surface area (Å²) in [7, 11) is 2.00. The van der Waals surface area contributed by atoms with E-state index >= 15 is 0 Å². The maximum atomic E-state index is 11.6. The lowest BCUT2D eigenvalue weighted by Gasteiger charge is -2.32. The predicted molar refractivity (Wildman–Crippen MR) is 78.9 cm³/mol. The lowest BCUT2D eigenvalue weighted by atomic mass is 9.97. The van der Waals surface area contributed by atoms with Gasteiger partial charge in [0.15, 0.2) is 11.5 Å². The van der Waals surface area contributed by atoms with E-state index in [1.807, 2.05) is 20.0 Å². The van der Waals surface area contributed by atoms with E-state index in [0.717, 1.165) is 31.4 Å². The first-order valence-electron chi connectivity index (χ1n) is 7.26. The third kappa shape index (κ3) is 3.66. The molecule has 0 aromatic carbocycles. The van der Waals surface area contributed by atoms with Gasteiger partial charge in [0.05, 0.1) is 0 Å². The summed E-state index contributed by atoms with van der Waals surface area (Å²) in [4.78, 5) is 13.8. The average Bonchev–Trinajstić information content (AvgIpc) is 2.49. The molecule has 0 radical (unpaired) electrons. The quantitative estimate of drug-likeness (QED) is 0.827. The molecule has 1 fully saturated rings. The van der Waals surface area contributed by atoms with Gasteiger partial charge < -0.3 is 15.5 Å². The second-order valence-corrected chi connectivity index (χ2v) is 5.12. The monoisotopic (exact) mass is 277 g/mol. The standard InChI is InChI=1S/C14H23N5O/c1-3-16-14(20)12-4-5-13(18-17-12)19-8-6-11(7-9-19)10-15-2/h4-5,11,15H,3,6-10H2,1-2H3,(H,16,20). The van der Waals surface area contributed by atoms with Gasteiger partial charge in [0.2, 0.25) is 0 Å². The minimum absolute atomic E-state index is 0.167. The maximum Gasteiger partial charge on any atom is 0.271 e. The van der Waals surface area contributed by atoms with Crippen molar-refractivity contribution in [1.29, 1.82) is 0 Å². The van der Waals surface area contributed by atoms with Gasteiger partial charge in [0.1, 0.15) is 0 Å². The molecule has 0 atom stereocenters. The van der Waals surface area contributed by atoms with E-state index in [4.69, 9.17) is 0 Å². The molecule has 6 heteroatoms. The van der Waals surface area contributed by atoms with Gasteiger partial charge in [-0.3, -0.25) is 4.79 Å².